The molecule has 2 N–H and O–H groups in total. The second-order valence-electron chi connectivity index (χ2n) is 5.45. The lowest BCUT2D eigenvalue weighted by atomic mass is 10.00. The highest BCUT2D eigenvalue weighted by atomic mass is 14.9. The van der Waals surface area contributed by atoms with Gasteiger partial charge in [-0.1, -0.05) is 19.9 Å². The van der Waals surface area contributed by atoms with Crippen LogP contribution in [0.1, 0.15) is 42.1 Å². The van der Waals surface area contributed by atoms with Gasteiger partial charge in [0.25, 0.3) is 0 Å². The number of aryl methyl sites for hydroxylation is 3. The van der Waals surface area contributed by atoms with Gasteiger partial charge in [-0.15, -0.1) is 0 Å². The molecule has 0 bridgehead atoms. The number of benzene rings is 1. The van der Waals surface area contributed by atoms with Crippen molar-refractivity contribution >= 4 is 5.82 Å². The van der Waals surface area contributed by atoms with Crippen LogP contribution in [0.4, 0.5) is 5.82 Å². The van der Waals surface area contributed by atoms with Crippen molar-refractivity contribution in [3.63, 3.8) is 0 Å². The molecule has 2 aromatic rings. The molecule has 0 amide bonds. The number of nitrogens with two attached hydrogens (primary N) is 1. The first-order valence-electron chi connectivity index (χ1n) is 6.61. The second-order valence-corrected chi connectivity index (χ2v) is 5.45. The maximum absolute atomic E-state index is 5.90. The summed E-state index contributed by atoms with van der Waals surface area (Å²) in [5, 5.41) is 0. The minimum atomic E-state index is 0.343. The average Bonchev–Trinajstić information content (AvgIpc) is 2.33. The van der Waals surface area contributed by atoms with Crippen LogP contribution in [-0.2, 0) is 0 Å². The monoisotopic (exact) mass is 255 g/mol. The molecule has 3 heteroatoms. The van der Waals surface area contributed by atoms with Crippen LogP contribution in [0.2, 0.25) is 0 Å². The molecule has 0 radical (unpaired) electrons. The summed E-state index contributed by atoms with van der Waals surface area (Å²) < 4.78 is 0. The molecule has 0 saturated heterocycles. The molecule has 1 aromatic heterocycles. The maximum Gasteiger partial charge on any atom is 0.162 e. The normalized spacial score (nSPS) is 11.1. The number of aromatic nitrogens is 2. The zero-order chi connectivity index (χ0) is 14.2. The Bertz CT molecular complexity index is 616. The first-order chi connectivity index (χ1) is 8.88. The van der Waals surface area contributed by atoms with Gasteiger partial charge in [-0.25, -0.2) is 9.97 Å². The Morgan fingerprint density at radius 1 is 0.895 bits per heavy atom. The summed E-state index contributed by atoms with van der Waals surface area (Å²) in [4.78, 5) is 9.03. The summed E-state index contributed by atoms with van der Waals surface area (Å²) in [5.74, 6) is 1.60. The van der Waals surface area contributed by atoms with Gasteiger partial charge in [-0.05, 0) is 49.4 Å². The molecule has 0 aliphatic rings. The van der Waals surface area contributed by atoms with E-state index < -0.39 is 0 Å². The van der Waals surface area contributed by atoms with Crippen molar-refractivity contribution in [2.24, 2.45) is 0 Å². The van der Waals surface area contributed by atoms with Crippen molar-refractivity contribution in [1.82, 2.24) is 9.97 Å². The Morgan fingerprint density at radius 2 is 1.53 bits per heavy atom. The standard InChI is InChI=1S/C16H21N3/c1-9(2)14-8-15(17)19-16(18-14)13-7-11(4)10(3)6-12(13)5/h6-9H,1-5H3,(H2,17,18,19). The molecule has 3 nitrogen and oxygen atoms in total. The van der Waals surface area contributed by atoms with Crippen LogP contribution in [-0.4, -0.2) is 9.97 Å². The van der Waals surface area contributed by atoms with Crippen LogP contribution >= 0.6 is 0 Å². The number of rotatable bonds is 2. The third-order valence-corrected chi connectivity index (χ3v) is 3.44. The largest absolute Gasteiger partial charge is 0.384 e. The Balaban J connectivity index is 2.62. The Labute approximate surface area is 114 Å². The fraction of sp³-hybridized carbons (Fsp3) is 0.375. The van der Waals surface area contributed by atoms with Gasteiger partial charge in [0.15, 0.2) is 5.82 Å². The van der Waals surface area contributed by atoms with Gasteiger partial charge in [-0.2, -0.15) is 0 Å². The van der Waals surface area contributed by atoms with Crippen LogP contribution in [0.25, 0.3) is 11.4 Å². The number of nitrogen functional groups attached to an aromatic ring is 1. The Morgan fingerprint density at radius 3 is 2.16 bits per heavy atom. The summed E-state index contributed by atoms with van der Waals surface area (Å²) in [6, 6.07) is 6.17. The van der Waals surface area contributed by atoms with E-state index >= 15 is 0 Å². The van der Waals surface area contributed by atoms with Crippen LogP contribution in [0.5, 0.6) is 0 Å². The van der Waals surface area contributed by atoms with Gasteiger partial charge in [0, 0.05) is 17.3 Å². The van der Waals surface area contributed by atoms with E-state index in [1.807, 2.05) is 6.07 Å². The lowest BCUT2D eigenvalue weighted by Crippen LogP contribution is -2.03. The van der Waals surface area contributed by atoms with Crippen LogP contribution in [0.15, 0.2) is 18.2 Å². The highest BCUT2D eigenvalue weighted by Gasteiger charge is 2.11. The summed E-state index contributed by atoms with van der Waals surface area (Å²) in [6.07, 6.45) is 0. The second kappa shape index (κ2) is 5.00. The molecule has 0 spiro atoms. The third-order valence-electron chi connectivity index (χ3n) is 3.44. The van der Waals surface area contributed by atoms with E-state index in [1.165, 1.54) is 16.7 Å². The first-order valence-corrected chi connectivity index (χ1v) is 6.61. The predicted molar refractivity (Wildman–Crippen MR) is 80.2 cm³/mol. The number of nitrogens with zero attached hydrogens (tertiary/aromatic N) is 2. The maximum atomic E-state index is 5.90. The summed E-state index contributed by atoms with van der Waals surface area (Å²) in [5.41, 5.74) is 11.7. The van der Waals surface area contributed by atoms with Gasteiger partial charge < -0.3 is 5.73 Å². The minimum Gasteiger partial charge on any atom is -0.384 e. The van der Waals surface area contributed by atoms with E-state index in [-0.39, 0.29) is 0 Å². The zero-order valence-corrected chi connectivity index (χ0v) is 12.3. The van der Waals surface area contributed by atoms with E-state index in [0.717, 1.165) is 17.1 Å². The van der Waals surface area contributed by atoms with Crippen molar-refractivity contribution < 1.29 is 0 Å². The Hall–Kier alpha value is -1.90. The predicted octanol–water partition coefficient (Wildman–Crippen LogP) is 3.77. The Kier molecular flexibility index (Phi) is 3.56. The van der Waals surface area contributed by atoms with Crippen molar-refractivity contribution in [1.29, 1.82) is 0 Å². The van der Waals surface area contributed by atoms with E-state index in [2.05, 4.69) is 56.7 Å². The lowest BCUT2D eigenvalue weighted by molar-refractivity contribution is 0.818. The van der Waals surface area contributed by atoms with Crippen molar-refractivity contribution in [2.75, 3.05) is 5.73 Å². The molecular formula is C16H21N3. The minimum absolute atomic E-state index is 0.343. The number of anilines is 1. The third kappa shape index (κ3) is 2.75. The molecule has 0 fully saturated rings. The SMILES string of the molecule is Cc1cc(C)c(-c2nc(N)cc(C(C)C)n2)cc1C. The molecule has 0 aliphatic heterocycles. The molecule has 0 unspecified atom stereocenters. The smallest absolute Gasteiger partial charge is 0.162 e. The zero-order valence-electron chi connectivity index (χ0n) is 12.3. The highest BCUT2D eigenvalue weighted by Crippen LogP contribution is 2.26. The highest BCUT2D eigenvalue weighted by molar-refractivity contribution is 5.63. The van der Waals surface area contributed by atoms with E-state index in [4.69, 9.17) is 5.73 Å². The molecular weight excluding hydrogens is 234 g/mol. The van der Waals surface area contributed by atoms with Crippen molar-refractivity contribution in [3.05, 3.63) is 40.6 Å². The van der Waals surface area contributed by atoms with Gasteiger partial charge in [0.2, 0.25) is 0 Å². The molecule has 100 valence electrons. The number of hydrogen-bond donors (Lipinski definition) is 1. The van der Waals surface area contributed by atoms with Crippen molar-refractivity contribution in [3.8, 4) is 11.4 Å². The van der Waals surface area contributed by atoms with Gasteiger partial charge >= 0.3 is 0 Å². The van der Waals surface area contributed by atoms with Crippen LogP contribution < -0.4 is 5.73 Å². The first kappa shape index (κ1) is 13.5. The van der Waals surface area contributed by atoms with Crippen molar-refractivity contribution in [2.45, 2.75) is 40.5 Å². The topological polar surface area (TPSA) is 51.8 Å². The van der Waals surface area contributed by atoms with E-state index in [9.17, 15) is 0 Å². The summed E-state index contributed by atoms with van der Waals surface area (Å²) in [7, 11) is 0. The average molecular weight is 255 g/mol. The fourth-order valence-electron chi connectivity index (χ4n) is 2.10. The molecule has 1 heterocycles. The quantitative estimate of drug-likeness (QED) is 0.888. The molecule has 1 aromatic carbocycles. The fourth-order valence-corrected chi connectivity index (χ4v) is 2.10. The van der Waals surface area contributed by atoms with Crippen LogP contribution in [0, 0.1) is 20.8 Å². The molecule has 0 atom stereocenters. The molecule has 19 heavy (non-hydrogen) atoms. The van der Waals surface area contributed by atoms with E-state index in [1.54, 1.807) is 0 Å². The van der Waals surface area contributed by atoms with Crippen LogP contribution in [0.3, 0.4) is 0 Å². The van der Waals surface area contributed by atoms with Gasteiger partial charge in [-0.3, -0.25) is 0 Å². The molecule has 0 aliphatic carbocycles. The molecule has 0 saturated carbocycles. The summed E-state index contributed by atoms with van der Waals surface area (Å²) in [6.45, 7) is 10.5. The van der Waals surface area contributed by atoms with Gasteiger partial charge in [0.05, 0.1) is 0 Å². The number of hydrogen-bond acceptors (Lipinski definition) is 3. The lowest BCUT2D eigenvalue weighted by Gasteiger charge is -2.12. The van der Waals surface area contributed by atoms with Gasteiger partial charge in [0.1, 0.15) is 5.82 Å². The summed E-state index contributed by atoms with van der Waals surface area (Å²) >= 11 is 0. The van der Waals surface area contributed by atoms with E-state index in [0.29, 0.717) is 11.7 Å². The molecule has 2 rings (SSSR count).